The third-order valence-corrected chi connectivity index (χ3v) is 8.64. The van der Waals surface area contributed by atoms with Crippen molar-refractivity contribution in [3.8, 4) is 5.69 Å². The average Bonchev–Trinajstić information content (AvgIpc) is 3.48. The summed E-state index contributed by atoms with van der Waals surface area (Å²) in [5.41, 5.74) is 0.698. The fourth-order valence-corrected chi connectivity index (χ4v) is 6.22. The van der Waals surface area contributed by atoms with Crippen LogP contribution in [-0.4, -0.2) is 54.9 Å². The van der Waals surface area contributed by atoms with Crippen molar-refractivity contribution in [1.29, 1.82) is 0 Å². The Balaban J connectivity index is 1.37. The summed E-state index contributed by atoms with van der Waals surface area (Å²) in [5, 5.41) is 2.56. The minimum absolute atomic E-state index is 0.0222. The van der Waals surface area contributed by atoms with Gasteiger partial charge in [0.25, 0.3) is 15.6 Å². The Morgan fingerprint density at radius 1 is 1.16 bits per heavy atom. The molecule has 2 aromatic carbocycles. The molecule has 37 heavy (non-hydrogen) atoms. The maximum atomic E-state index is 15.0. The van der Waals surface area contributed by atoms with Crippen LogP contribution in [0.25, 0.3) is 16.6 Å². The standard InChI is InChI=1S/C23H18ClFN6O4S2/c1-30-9-8-26-21(30)13-2-4-15-17(10-13)27-12-31(22(15)32)18-5-3-14(11-16(18)25)28-23(33)29-37(34,35)20-7-6-19(24)36-20/h2-7,10-12H,8-9H2,1H3,(H2,28,29,33). The van der Waals surface area contributed by atoms with Gasteiger partial charge in [-0.15, -0.1) is 11.3 Å². The van der Waals surface area contributed by atoms with Gasteiger partial charge in [-0.25, -0.2) is 27.3 Å². The highest BCUT2D eigenvalue weighted by molar-refractivity contribution is 7.92. The Labute approximate surface area is 219 Å². The second-order valence-electron chi connectivity index (χ2n) is 8.06. The Morgan fingerprint density at radius 3 is 2.65 bits per heavy atom. The number of thiophene rings is 1. The molecule has 2 amide bonds. The van der Waals surface area contributed by atoms with Gasteiger partial charge < -0.3 is 10.2 Å². The number of likely N-dealkylation sites (N-methyl/N-ethyl adjacent to an activating group) is 1. The number of aromatic nitrogens is 2. The molecule has 0 bridgehead atoms. The van der Waals surface area contributed by atoms with Crippen molar-refractivity contribution in [3.63, 3.8) is 0 Å². The molecule has 0 saturated heterocycles. The lowest BCUT2D eigenvalue weighted by atomic mass is 10.1. The molecular formula is C23H18ClFN6O4S2. The fourth-order valence-electron chi connectivity index (χ4n) is 3.83. The number of amides is 2. The number of hydrogen-bond donors (Lipinski definition) is 2. The number of carbonyl (C=O) groups is 1. The zero-order valence-corrected chi connectivity index (χ0v) is 21.5. The van der Waals surface area contributed by atoms with E-state index >= 15 is 0 Å². The average molecular weight is 561 g/mol. The SMILES string of the molecule is CN1CCN=C1c1ccc2c(=O)n(-c3ccc(NC(=O)NS(=O)(=O)c4ccc(Cl)s4)cc3F)cnc2c1. The lowest BCUT2D eigenvalue weighted by Crippen LogP contribution is -2.34. The van der Waals surface area contributed by atoms with Crippen LogP contribution in [0.1, 0.15) is 5.56 Å². The molecule has 3 heterocycles. The van der Waals surface area contributed by atoms with Crippen molar-refractivity contribution in [2.45, 2.75) is 4.21 Å². The quantitative estimate of drug-likeness (QED) is 0.385. The topological polar surface area (TPSA) is 126 Å². The van der Waals surface area contributed by atoms with Gasteiger partial charge in [0.2, 0.25) is 0 Å². The van der Waals surface area contributed by atoms with E-state index in [9.17, 15) is 22.4 Å². The Morgan fingerprint density at radius 2 is 1.97 bits per heavy atom. The lowest BCUT2D eigenvalue weighted by molar-refractivity contribution is 0.256. The number of hydrogen-bond acceptors (Lipinski definition) is 8. The minimum Gasteiger partial charge on any atom is -0.358 e. The molecule has 2 aromatic heterocycles. The van der Waals surface area contributed by atoms with Crippen LogP contribution in [0, 0.1) is 5.82 Å². The van der Waals surface area contributed by atoms with E-state index in [-0.39, 0.29) is 19.9 Å². The number of sulfonamides is 1. The van der Waals surface area contributed by atoms with Crippen LogP contribution in [0.5, 0.6) is 0 Å². The molecule has 0 fully saturated rings. The van der Waals surface area contributed by atoms with Crippen molar-refractivity contribution in [1.82, 2.24) is 19.2 Å². The molecule has 1 aliphatic rings. The number of fused-ring (bicyclic) bond motifs is 1. The molecule has 0 unspecified atom stereocenters. The number of rotatable bonds is 5. The number of nitrogens with zero attached hydrogens (tertiary/aromatic N) is 4. The van der Waals surface area contributed by atoms with Crippen LogP contribution < -0.4 is 15.6 Å². The van der Waals surface area contributed by atoms with E-state index in [1.165, 1.54) is 30.6 Å². The molecule has 10 nitrogen and oxygen atoms in total. The van der Waals surface area contributed by atoms with Gasteiger partial charge in [0.15, 0.2) is 0 Å². The van der Waals surface area contributed by atoms with Gasteiger partial charge in [-0.3, -0.25) is 14.4 Å². The van der Waals surface area contributed by atoms with E-state index in [0.717, 1.165) is 39.9 Å². The van der Waals surface area contributed by atoms with Gasteiger partial charge >= 0.3 is 6.03 Å². The van der Waals surface area contributed by atoms with Crippen LogP contribution in [0.3, 0.4) is 0 Å². The van der Waals surface area contributed by atoms with Gasteiger partial charge in [0, 0.05) is 24.8 Å². The first-order chi connectivity index (χ1) is 17.6. The van der Waals surface area contributed by atoms with Crippen LogP contribution in [0.2, 0.25) is 4.34 Å². The predicted octanol–water partition coefficient (Wildman–Crippen LogP) is 3.44. The fraction of sp³-hybridized carbons (Fsp3) is 0.130. The second-order valence-corrected chi connectivity index (χ2v) is 11.7. The van der Waals surface area contributed by atoms with Crippen molar-refractivity contribution in [2.75, 3.05) is 25.5 Å². The van der Waals surface area contributed by atoms with Gasteiger partial charge in [-0.2, -0.15) is 0 Å². The Bertz CT molecular complexity index is 1750. The van der Waals surface area contributed by atoms with E-state index in [4.69, 9.17) is 11.6 Å². The number of urea groups is 1. The molecule has 0 spiro atoms. The maximum Gasteiger partial charge on any atom is 0.333 e. The van der Waals surface area contributed by atoms with E-state index in [1.54, 1.807) is 18.2 Å². The summed E-state index contributed by atoms with van der Waals surface area (Å²) in [5.74, 6) is -0.00876. The molecule has 0 saturated carbocycles. The van der Waals surface area contributed by atoms with Crippen LogP contribution in [0.4, 0.5) is 14.9 Å². The monoisotopic (exact) mass is 560 g/mol. The molecule has 5 rings (SSSR count). The Kier molecular flexibility index (Phi) is 6.43. The molecule has 0 aliphatic carbocycles. The molecular weight excluding hydrogens is 543 g/mol. The Hall–Kier alpha value is -3.81. The number of halogens is 2. The number of carbonyl (C=O) groups excluding carboxylic acids is 1. The summed E-state index contributed by atoms with van der Waals surface area (Å²) in [7, 11) is -2.21. The summed E-state index contributed by atoms with van der Waals surface area (Å²) >= 11 is 6.53. The summed E-state index contributed by atoms with van der Waals surface area (Å²) in [6, 6.07) is 10.3. The van der Waals surface area contributed by atoms with E-state index in [0.29, 0.717) is 17.4 Å². The first kappa shape index (κ1) is 24.9. The van der Waals surface area contributed by atoms with E-state index < -0.39 is 27.4 Å². The molecule has 0 radical (unpaired) electrons. The minimum atomic E-state index is -4.14. The van der Waals surface area contributed by atoms with Crippen LogP contribution in [-0.2, 0) is 10.0 Å². The first-order valence-electron chi connectivity index (χ1n) is 10.8. The second kappa shape index (κ2) is 9.57. The predicted molar refractivity (Wildman–Crippen MR) is 140 cm³/mol. The van der Waals surface area contributed by atoms with Crippen molar-refractivity contribution < 1.29 is 17.6 Å². The molecule has 2 N–H and O–H groups in total. The largest absolute Gasteiger partial charge is 0.358 e. The van der Waals surface area contributed by atoms with Crippen molar-refractivity contribution >= 4 is 61.4 Å². The van der Waals surface area contributed by atoms with Crippen LogP contribution in [0.15, 0.2) is 68.9 Å². The zero-order valence-electron chi connectivity index (χ0n) is 19.1. The number of benzene rings is 2. The normalized spacial score (nSPS) is 13.6. The summed E-state index contributed by atoms with van der Waals surface area (Å²) in [6.45, 7) is 1.51. The highest BCUT2D eigenvalue weighted by Crippen LogP contribution is 2.25. The third kappa shape index (κ3) is 4.92. The molecule has 0 atom stereocenters. The highest BCUT2D eigenvalue weighted by Gasteiger charge is 2.21. The molecule has 1 aliphatic heterocycles. The summed E-state index contributed by atoms with van der Waals surface area (Å²) in [6.07, 6.45) is 1.23. The smallest absolute Gasteiger partial charge is 0.333 e. The van der Waals surface area contributed by atoms with Crippen LogP contribution >= 0.6 is 22.9 Å². The van der Waals surface area contributed by atoms with Gasteiger partial charge in [0.05, 0.1) is 27.5 Å². The van der Waals surface area contributed by atoms with E-state index in [1.807, 2.05) is 16.7 Å². The van der Waals surface area contributed by atoms with Gasteiger partial charge in [-0.1, -0.05) is 17.7 Å². The van der Waals surface area contributed by atoms with Crippen molar-refractivity contribution in [3.05, 3.63) is 80.9 Å². The van der Waals surface area contributed by atoms with Crippen molar-refractivity contribution in [2.24, 2.45) is 4.99 Å². The van der Waals surface area contributed by atoms with Gasteiger partial charge in [-0.05, 0) is 42.5 Å². The third-order valence-electron chi connectivity index (χ3n) is 5.58. The molecule has 14 heteroatoms. The highest BCUT2D eigenvalue weighted by atomic mass is 35.5. The zero-order chi connectivity index (χ0) is 26.3. The van der Waals surface area contributed by atoms with E-state index in [2.05, 4.69) is 15.3 Å². The van der Waals surface area contributed by atoms with Gasteiger partial charge in [0.1, 0.15) is 22.2 Å². The number of aliphatic imine (C=N–C) groups is 1. The molecule has 4 aromatic rings. The number of nitrogens with one attached hydrogen (secondary N) is 2. The first-order valence-corrected chi connectivity index (χ1v) is 13.5. The number of amidine groups is 1. The molecule has 190 valence electrons. The lowest BCUT2D eigenvalue weighted by Gasteiger charge is -2.14. The number of anilines is 1. The summed E-state index contributed by atoms with van der Waals surface area (Å²) in [4.78, 5) is 36.1. The maximum absolute atomic E-state index is 15.0. The summed E-state index contributed by atoms with van der Waals surface area (Å²) < 4.78 is 42.5.